The van der Waals surface area contributed by atoms with Gasteiger partial charge in [-0.15, -0.1) is 5.10 Å². The average Bonchev–Trinajstić information content (AvgIpc) is 3.02. The first-order valence-corrected chi connectivity index (χ1v) is 7.76. The summed E-state index contributed by atoms with van der Waals surface area (Å²) in [6.45, 7) is 0.553. The number of aromatic nitrogens is 3. The molecule has 0 bridgehead atoms. The molecular formula is C16H22N6O3. The molecule has 0 radical (unpaired) electrons. The van der Waals surface area contributed by atoms with Crippen LogP contribution in [0.2, 0.25) is 0 Å². The summed E-state index contributed by atoms with van der Waals surface area (Å²) in [5.74, 6) is 0.921. The fourth-order valence-corrected chi connectivity index (χ4v) is 2.00. The molecule has 9 heteroatoms. The van der Waals surface area contributed by atoms with Gasteiger partial charge in [0, 0.05) is 20.6 Å². The molecule has 0 fully saturated rings. The lowest BCUT2D eigenvalue weighted by Crippen LogP contribution is -2.29. The molecule has 3 amide bonds. The predicted octanol–water partition coefficient (Wildman–Crippen LogP) is 0.739. The van der Waals surface area contributed by atoms with E-state index in [0.29, 0.717) is 12.4 Å². The first-order chi connectivity index (χ1) is 12.0. The molecule has 1 aromatic carbocycles. The summed E-state index contributed by atoms with van der Waals surface area (Å²) in [6, 6.07) is 7.38. The van der Waals surface area contributed by atoms with Gasteiger partial charge in [0.2, 0.25) is 5.91 Å². The molecule has 0 aliphatic heterocycles. The number of hydrogen-bond donors (Lipinski definition) is 2. The highest BCUT2D eigenvalue weighted by Crippen LogP contribution is 2.11. The van der Waals surface area contributed by atoms with E-state index < -0.39 is 0 Å². The Bertz CT molecular complexity index is 711. The molecule has 0 aliphatic rings. The van der Waals surface area contributed by atoms with Crippen molar-refractivity contribution in [3.8, 4) is 5.75 Å². The molecule has 2 aromatic rings. The minimum atomic E-state index is -0.309. The van der Waals surface area contributed by atoms with Crippen molar-refractivity contribution in [2.45, 2.75) is 13.0 Å². The number of rotatable bonds is 7. The second-order valence-electron chi connectivity index (χ2n) is 5.57. The molecule has 0 unspecified atom stereocenters. The molecule has 9 nitrogen and oxygen atoms in total. The predicted molar refractivity (Wildman–Crippen MR) is 92.4 cm³/mol. The second kappa shape index (κ2) is 8.67. The van der Waals surface area contributed by atoms with Crippen LogP contribution in [0.3, 0.4) is 0 Å². The number of nitrogens with one attached hydrogen (secondary N) is 2. The molecule has 134 valence electrons. The van der Waals surface area contributed by atoms with Crippen LogP contribution in [0.5, 0.6) is 5.75 Å². The summed E-state index contributed by atoms with van der Waals surface area (Å²) < 4.78 is 6.47. The van der Waals surface area contributed by atoms with Crippen LogP contribution in [0.1, 0.15) is 5.56 Å². The minimum absolute atomic E-state index is 0.0352. The van der Waals surface area contributed by atoms with Crippen molar-refractivity contribution < 1.29 is 14.3 Å². The third-order valence-corrected chi connectivity index (χ3v) is 3.38. The Morgan fingerprint density at radius 2 is 1.96 bits per heavy atom. The highest BCUT2D eigenvalue weighted by molar-refractivity contribution is 5.87. The summed E-state index contributed by atoms with van der Waals surface area (Å²) in [5.41, 5.74) is 1.11. The van der Waals surface area contributed by atoms with Crippen LogP contribution in [-0.2, 0) is 17.8 Å². The quantitative estimate of drug-likeness (QED) is 0.770. The van der Waals surface area contributed by atoms with Crippen molar-refractivity contribution in [3.63, 3.8) is 0 Å². The maximum Gasteiger partial charge on any atom is 0.322 e. The Morgan fingerprint density at radius 1 is 1.24 bits per heavy atom. The van der Waals surface area contributed by atoms with Crippen LogP contribution in [-0.4, -0.2) is 59.6 Å². The van der Waals surface area contributed by atoms with E-state index in [1.807, 2.05) is 24.3 Å². The first kappa shape index (κ1) is 18.2. The van der Waals surface area contributed by atoms with Gasteiger partial charge in [-0.2, -0.15) is 0 Å². The summed E-state index contributed by atoms with van der Waals surface area (Å²) in [5, 5.41) is 13.0. The molecule has 0 saturated carbocycles. The van der Waals surface area contributed by atoms with Crippen LogP contribution in [0.4, 0.5) is 10.6 Å². The van der Waals surface area contributed by atoms with Gasteiger partial charge in [-0.3, -0.25) is 10.1 Å². The number of carbonyl (C=O) groups excluding carboxylic acids is 2. The maximum atomic E-state index is 11.9. The smallest absolute Gasteiger partial charge is 0.322 e. The molecule has 1 heterocycles. The van der Waals surface area contributed by atoms with Gasteiger partial charge >= 0.3 is 6.03 Å². The summed E-state index contributed by atoms with van der Waals surface area (Å²) in [6.07, 6.45) is 2.22. The Labute approximate surface area is 145 Å². The Kier molecular flexibility index (Phi) is 6.33. The van der Waals surface area contributed by atoms with Gasteiger partial charge in [-0.1, -0.05) is 17.3 Å². The number of anilines is 1. The Balaban J connectivity index is 1.74. The van der Waals surface area contributed by atoms with E-state index in [1.54, 1.807) is 21.2 Å². The summed E-state index contributed by atoms with van der Waals surface area (Å²) in [4.78, 5) is 24.8. The maximum absolute atomic E-state index is 11.9. The van der Waals surface area contributed by atoms with Gasteiger partial charge in [0.15, 0.2) is 5.82 Å². The molecule has 0 spiro atoms. The lowest BCUT2D eigenvalue weighted by atomic mass is 10.1. The van der Waals surface area contributed by atoms with Crippen molar-refractivity contribution in [2.75, 3.05) is 33.1 Å². The summed E-state index contributed by atoms with van der Waals surface area (Å²) in [7, 11) is 4.86. The fourth-order valence-electron chi connectivity index (χ4n) is 2.00. The molecule has 2 N–H and O–H groups in total. The van der Waals surface area contributed by atoms with Crippen molar-refractivity contribution >= 4 is 17.8 Å². The van der Waals surface area contributed by atoms with Gasteiger partial charge in [0.05, 0.1) is 13.3 Å². The first-order valence-electron chi connectivity index (χ1n) is 7.76. The molecule has 1 aromatic heterocycles. The third-order valence-electron chi connectivity index (χ3n) is 3.38. The van der Waals surface area contributed by atoms with Crippen LogP contribution < -0.4 is 15.4 Å². The number of carbonyl (C=O) groups is 2. The van der Waals surface area contributed by atoms with E-state index in [4.69, 9.17) is 4.74 Å². The highest BCUT2D eigenvalue weighted by Gasteiger charge is 2.09. The van der Waals surface area contributed by atoms with Crippen LogP contribution in [0.25, 0.3) is 0 Å². The molecule has 0 atom stereocenters. The third kappa shape index (κ3) is 5.79. The van der Waals surface area contributed by atoms with Crippen LogP contribution >= 0.6 is 0 Å². The fraction of sp³-hybridized carbons (Fsp3) is 0.375. The van der Waals surface area contributed by atoms with Gasteiger partial charge in [0.1, 0.15) is 12.3 Å². The highest BCUT2D eigenvalue weighted by atomic mass is 16.5. The standard InChI is InChI=1S/C16H22N6O3/c1-21(2)16(24)18-14-10-22(20-19-14)11-15(23)17-9-8-12-4-6-13(25-3)7-5-12/h4-7,10H,8-9,11H2,1-3H3,(H,17,23)(H,18,24). The number of ether oxygens (including phenoxy) is 1. The Morgan fingerprint density at radius 3 is 2.60 bits per heavy atom. The van der Waals surface area contributed by atoms with E-state index in [0.717, 1.165) is 17.7 Å². The Hall–Kier alpha value is -3.10. The van der Waals surface area contributed by atoms with Crippen LogP contribution in [0, 0.1) is 0 Å². The molecule has 25 heavy (non-hydrogen) atoms. The van der Waals surface area contributed by atoms with Crippen molar-refractivity contribution in [2.24, 2.45) is 0 Å². The number of hydrogen-bond acceptors (Lipinski definition) is 5. The zero-order chi connectivity index (χ0) is 18.2. The van der Waals surface area contributed by atoms with Gasteiger partial charge in [0.25, 0.3) is 0 Å². The zero-order valence-electron chi connectivity index (χ0n) is 14.5. The lowest BCUT2D eigenvalue weighted by Gasteiger charge is -2.09. The molecular weight excluding hydrogens is 324 g/mol. The minimum Gasteiger partial charge on any atom is -0.497 e. The number of amides is 3. The SMILES string of the molecule is COc1ccc(CCNC(=O)Cn2cc(NC(=O)N(C)C)nn2)cc1. The average molecular weight is 346 g/mol. The number of nitrogens with zero attached hydrogens (tertiary/aromatic N) is 4. The van der Waals surface area contributed by atoms with Gasteiger partial charge in [-0.05, 0) is 24.1 Å². The lowest BCUT2D eigenvalue weighted by molar-refractivity contribution is -0.121. The zero-order valence-corrected chi connectivity index (χ0v) is 14.5. The number of urea groups is 1. The van der Waals surface area contributed by atoms with Gasteiger partial charge in [-0.25, -0.2) is 9.48 Å². The van der Waals surface area contributed by atoms with E-state index in [1.165, 1.54) is 15.8 Å². The monoisotopic (exact) mass is 346 g/mol. The van der Waals surface area contributed by atoms with Gasteiger partial charge < -0.3 is 15.0 Å². The van der Waals surface area contributed by atoms with E-state index >= 15 is 0 Å². The topological polar surface area (TPSA) is 101 Å². The number of methoxy groups -OCH3 is 1. The number of benzene rings is 1. The van der Waals surface area contributed by atoms with Crippen molar-refractivity contribution in [1.82, 2.24) is 25.2 Å². The largest absolute Gasteiger partial charge is 0.497 e. The summed E-state index contributed by atoms with van der Waals surface area (Å²) >= 11 is 0. The second-order valence-corrected chi connectivity index (χ2v) is 5.57. The molecule has 0 aliphatic carbocycles. The molecule has 2 rings (SSSR count). The van der Waals surface area contributed by atoms with E-state index in [-0.39, 0.29) is 18.5 Å². The van der Waals surface area contributed by atoms with E-state index in [9.17, 15) is 9.59 Å². The van der Waals surface area contributed by atoms with Crippen LogP contribution in [0.15, 0.2) is 30.5 Å². The molecule has 0 saturated heterocycles. The van der Waals surface area contributed by atoms with E-state index in [2.05, 4.69) is 20.9 Å². The van der Waals surface area contributed by atoms with Crippen molar-refractivity contribution in [1.29, 1.82) is 0 Å². The van der Waals surface area contributed by atoms with Crippen molar-refractivity contribution in [3.05, 3.63) is 36.0 Å². The normalized spacial score (nSPS) is 10.2.